The van der Waals surface area contributed by atoms with Gasteiger partial charge in [-0.2, -0.15) is 0 Å². The van der Waals surface area contributed by atoms with E-state index in [2.05, 4.69) is 47.6 Å². The van der Waals surface area contributed by atoms with E-state index in [0.717, 1.165) is 58.8 Å². The molecule has 0 unspecified atom stereocenters. The van der Waals surface area contributed by atoms with Crippen LogP contribution in [0.5, 0.6) is 0 Å². The Morgan fingerprint density at radius 3 is 2.62 bits per heavy atom. The molecule has 0 amide bonds. The fourth-order valence-electron chi connectivity index (χ4n) is 5.63. The summed E-state index contributed by atoms with van der Waals surface area (Å²) in [6.45, 7) is 5.35. The Hall–Kier alpha value is -3.91. The van der Waals surface area contributed by atoms with Crippen LogP contribution in [0.2, 0.25) is 0 Å². The molecule has 204 valence electrons. The fourth-order valence-corrected chi connectivity index (χ4v) is 5.63. The molecule has 2 fully saturated rings. The van der Waals surface area contributed by atoms with Crippen LogP contribution in [-0.2, 0) is 7.05 Å². The van der Waals surface area contributed by atoms with E-state index in [0.29, 0.717) is 28.9 Å². The topological polar surface area (TPSA) is 81.7 Å². The first-order chi connectivity index (χ1) is 19.4. The SMILES string of the molecule is Cc1cc([C@H](C)NCC2CCC2)cc2nc(-c3cc(-c4ccc(F)cc4-c4nncn4C)cc(C4CC4)n3)oc12. The maximum absolute atomic E-state index is 14.4. The molecule has 2 saturated carbocycles. The third-order valence-corrected chi connectivity index (χ3v) is 8.44. The number of aryl methyl sites for hydroxylation is 2. The first-order valence-electron chi connectivity index (χ1n) is 14.2. The Kier molecular flexibility index (Phi) is 6.23. The summed E-state index contributed by atoms with van der Waals surface area (Å²) in [6.07, 6.45) is 7.85. The van der Waals surface area contributed by atoms with Gasteiger partial charge in [0.15, 0.2) is 11.4 Å². The van der Waals surface area contributed by atoms with Gasteiger partial charge in [0.25, 0.3) is 0 Å². The summed E-state index contributed by atoms with van der Waals surface area (Å²) < 4.78 is 22.6. The number of rotatable bonds is 8. The predicted molar refractivity (Wildman–Crippen MR) is 153 cm³/mol. The summed E-state index contributed by atoms with van der Waals surface area (Å²) in [4.78, 5) is 9.91. The minimum atomic E-state index is -0.319. The first-order valence-corrected chi connectivity index (χ1v) is 14.2. The van der Waals surface area contributed by atoms with Gasteiger partial charge < -0.3 is 14.3 Å². The Labute approximate surface area is 232 Å². The molecule has 1 atom stereocenters. The van der Waals surface area contributed by atoms with Crippen molar-refractivity contribution in [1.29, 1.82) is 0 Å². The Bertz CT molecular complexity index is 1710. The third-order valence-electron chi connectivity index (χ3n) is 8.44. The summed E-state index contributed by atoms with van der Waals surface area (Å²) in [7, 11) is 1.86. The lowest BCUT2D eigenvalue weighted by Crippen LogP contribution is -2.29. The molecule has 0 spiro atoms. The molecule has 3 aromatic heterocycles. The van der Waals surface area contributed by atoms with Crippen molar-refractivity contribution >= 4 is 11.1 Å². The van der Waals surface area contributed by atoms with Crippen molar-refractivity contribution in [3.8, 4) is 34.1 Å². The van der Waals surface area contributed by atoms with Crippen molar-refractivity contribution in [1.82, 2.24) is 30.0 Å². The van der Waals surface area contributed by atoms with Crippen molar-refractivity contribution in [2.24, 2.45) is 13.0 Å². The highest BCUT2D eigenvalue weighted by Gasteiger charge is 2.28. The van der Waals surface area contributed by atoms with E-state index >= 15 is 0 Å². The highest BCUT2D eigenvalue weighted by atomic mass is 19.1. The minimum absolute atomic E-state index is 0.240. The Balaban J connectivity index is 1.29. The highest BCUT2D eigenvalue weighted by Crippen LogP contribution is 2.43. The van der Waals surface area contributed by atoms with Crippen LogP contribution in [0.3, 0.4) is 0 Å². The second-order valence-electron chi connectivity index (χ2n) is 11.5. The molecule has 0 aliphatic heterocycles. The summed E-state index contributed by atoms with van der Waals surface area (Å²) in [6, 6.07) is 13.5. The zero-order valence-electron chi connectivity index (χ0n) is 23.1. The molecule has 40 heavy (non-hydrogen) atoms. The minimum Gasteiger partial charge on any atom is -0.434 e. The monoisotopic (exact) mass is 536 g/mol. The molecule has 1 N–H and O–H groups in total. The van der Waals surface area contributed by atoms with Gasteiger partial charge in [0.2, 0.25) is 5.89 Å². The van der Waals surface area contributed by atoms with E-state index in [9.17, 15) is 4.39 Å². The van der Waals surface area contributed by atoms with Gasteiger partial charge in [-0.25, -0.2) is 14.4 Å². The lowest BCUT2D eigenvalue weighted by atomic mass is 9.85. The van der Waals surface area contributed by atoms with E-state index in [1.807, 2.05) is 13.1 Å². The number of hydrogen-bond donors (Lipinski definition) is 1. The number of halogens is 1. The fraction of sp³-hybridized carbons (Fsp3) is 0.375. The average Bonchev–Trinajstić information content (AvgIpc) is 3.54. The van der Waals surface area contributed by atoms with Gasteiger partial charge in [0.05, 0.1) is 0 Å². The number of pyridine rings is 1. The van der Waals surface area contributed by atoms with Crippen molar-refractivity contribution in [3.05, 3.63) is 71.4 Å². The van der Waals surface area contributed by atoms with Crippen LogP contribution in [0, 0.1) is 18.7 Å². The van der Waals surface area contributed by atoms with Crippen LogP contribution < -0.4 is 5.32 Å². The van der Waals surface area contributed by atoms with Gasteiger partial charge in [0.1, 0.15) is 23.4 Å². The quantitative estimate of drug-likeness (QED) is 0.227. The van der Waals surface area contributed by atoms with Gasteiger partial charge >= 0.3 is 0 Å². The van der Waals surface area contributed by atoms with Crippen molar-refractivity contribution < 1.29 is 8.81 Å². The summed E-state index contributed by atoms with van der Waals surface area (Å²) in [5.74, 6) is 2.00. The maximum Gasteiger partial charge on any atom is 0.246 e. The number of aromatic nitrogens is 5. The number of nitrogens with one attached hydrogen (secondary N) is 1. The average molecular weight is 537 g/mol. The molecule has 8 heteroatoms. The molecule has 5 aromatic rings. The Morgan fingerprint density at radius 1 is 1.05 bits per heavy atom. The van der Waals surface area contributed by atoms with Crippen LogP contribution in [0.4, 0.5) is 4.39 Å². The molecule has 7 rings (SSSR count). The zero-order valence-corrected chi connectivity index (χ0v) is 23.1. The molecule has 3 heterocycles. The third kappa shape index (κ3) is 4.70. The van der Waals surface area contributed by atoms with Gasteiger partial charge in [0, 0.05) is 30.3 Å². The lowest BCUT2D eigenvalue weighted by molar-refractivity contribution is 0.292. The van der Waals surface area contributed by atoms with Gasteiger partial charge in [-0.1, -0.05) is 18.6 Å². The van der Waals surface area contributed by atoms with Crippen LogP contribution in [-0.4, -0.2) is 31.3 Å². The van der Waals surface area contributed by atoms with Crippen LogP contribution >= 0.6 is 0 Å². The van der Waals surface area contributed by atoms with E-state index in [1.165, 1.54) is 37.0 Å². The van der Waals surface area contributed by atoms with Gasteiger partial charge in [-0.15, -0.1) is 10.2 Å². The van der Waals surface area contributed by atoms with Crippen LogP contribution in [0.15, 0.2) is 53.2 Å². The van der Waals surface area contributed by atoms with E-state index < -0.39 is 0 Å². The van der Waals surface area contributed by atoms with Crippen molar-refractivity contribution in [3.63, 3.8) is 0 Å². The summed E-state index contributed by atoms with van der Waals surface area (Å²) >= 11 is 0. The van der Waals surface area contributed by atoms with Crippen LogP contribution in [0.1, 0.15) is 67.8 Å². The molecule has 2 aliphatic carbocycles. The summed E-state index contributed by atoms with van der Waals surface area (Å²) in [5.41, 5.74) is 8.06. The molecule has 2 aromatic carbocycles. The largest absolute Gasteiger partial charge is 0.434 e. The molecule has 0 saturated heterocycles. The zero-order chi connectivity index (χ0) is 27.4. The smallest absolute Gasteiger partial charge is 0.246 e. The van der Waals surface area contributed by atoms with E-state index in [4.69, 9.17) is 14.4 Å². The van der Waals surface area contributed by atoms with Gasteiger partial charge in [-0.3, -0.25) is 0 Å². The molecule has 2 aliphatic rings. The number of hydrogen-bond acceptors (Lipinski definition) is 6. The first kappa shape index (κ1) is 25.1. The normalized spacial score (nSPS) is 16.4. The van der Waals surface area contributed by atoms with Gasteiger partial charge in [-0.05, 0) is 105 Å². The Morgan fingerprint density at radius 2 is 1.90 bits per heavy atom. The summed E-state index contributed by atoms with van der Waals surface area (Å²) in [5, 5.41) is 12.0. The van der Waals surface area contributed by atoms with Crippen molar-refractivity contribution in [2.75, 3.05) is 6.54 Å². The predicted octanol–water partition coefficient (Wildman–Crippen LogP) is 7.13. The molecule has 7 nitrogen and oxygen atoms in total. The molecular weight excluding hydrogens is 503 g/mol. The number of fused-ring (bicyclic) bond motifs is 1. The van der Waals surface area contributed by atoms with Crippen LogP contribution in [0.25, 0.3) is 45.2 Å². The van der Waals surface area contributed by atoms with E-state index in [-0.39, 0.29) is 11.9 Å². The van der Waals surface area contributed by atoms with Crippen molar-refractivity contribution in [2.45, 2.75) is 57.9 Å². The molecule has 0 radical (unpaired) electrons. The highest BCUT2D eigenvalue weighted by molar-refractivity contribution is 5.84. The van der Waals surface area contributed by atoms with E-state index in [1.54, 1.807) is 17.0 Å². The molecule has 0 bridgehead atoms. The number of nitrogens with zero attached hydrogens (tertiary/aromatic N) is 5. The maximum atomic E-state index is 14.4. The number of benzene rings is 2. The second-order valence-corrected chi connectivity index (χ2v) is 11.5. The molecular formula is C32H33FN6O. The lowest BCUT2D eigenvalue weighted by Gasteiger charge is -2.27. The second kappa shape index (κ2) is 9.93. The standard InChI is InChI=1S/C32H33FN6O/c1-18-11-22(19(2)34-16-20-5-4-6-20)12-28-30(18)40-32(37-28)29-14-23(13-27(36-29)21-7-8-21)25-10-9-24(33)15-26(25)31-38-35-17-39(31)3/h9-15,17,19-21,34H,4-8,16H2,1-3H3/t19-/m0/s1. The number of oxazole rings is 1.